The van der Waals surface area contributed by atoms with Crippen LogP contribution in [0.5, 0.6) is 0 Å². The van der Waals surface area contributed by atoms with Crippen molar-refractivity contribution in [3.05, 3.63) is 50.3 Å². The van der Waals surface area contributed by atoms with Gasteiger partial charge in [0.05, 0.1) is 17.4 Å². The Morgan fingerprint density at radius 1 is 1.17 bits per heavy atom. The number of nitrogens with one attached hydrogen (secondary N) is 1. The second kappa shape index (κ2) is 6.34. The van der Waals surface area contributed by atoms with Gasteiger partial charge in [0.1, 0.15) is 4.90 Å². The van der Waals surface area contributed by atoms with Gasteiger partial charge in [-0.25, -0.2) is 8.42 Å². The van der Waals surface area contributed by atoms with Crippen molar-refractivity contribution in [1.29, 1.82) is 0 Å². The van der Waals surface area contributed by atoms with Crippen molar-refractivity contribution in [2.75, 3.05) is 4.72 Å². The largest absolute Gasteiger partial charge is 0.356 e. The van der Waals surface area contributed by atoms with Crippen molar-refractivity contribution in [3.8, 4) is 11.3 Å². The van der Waals surface area contributed by atoms with Gasteiger partial charge in [-0.1, -0.05) is 11.2 Å². The van der Waals surface area contributed by atoms with Gasteiger partial charge in [0.15, 0.2) is 5.76 Å². The number of benzene rings is 1. The lowest BCUT2D eigenvalue weighted by Gasteiger charge is -2.11. The fraction of sp³-hybridized carbons (Fsp3) is 0.188. The Morgan fingerprint density at radius 2 is 1.92 bits per heavy atom. The molecule has 1 N–H and O–H groups in total. The molecule has 0 aliphatic rings. The van der Waals surface area contributed by atoms with Crippen molar-refractivity contribution >= 4 is 43.0 Å². The van der Waals surface area contributed by atoms with E-state index >= 15 is 0 Å². The van der Waals surface area contributed by atoms with Gasteiger partial charge in [-0.2, -0.15) is 0 Å². The van der Waals surface area contributed by atoms with Crippen molar-refractivity contribution < 1.29 is 12.9 Å². The molecule has 2 aromatic heterocycles. The second-order valence-corrected chi connectivity index (χ2v) is 9.29. The van der Waals surface area contributed by atoms with Gasteiger partial charge >= 0.3 is 0 Å². The highest BCUT2D eigenvalue weighted by atomic mass is 79.9. The van der Waals surface area contributed by atoms with E-state index in [9.17, 15) is 8.42 Å². The molecule has 0 saturated heterocycles. The summed E-state index contributed by atoms with van der Waals surface area (Å²) in [5, 5.41) is 3.69. The number of thiophene rings is 1. The van der Waals surface area contributed by atoms with Gasteiger partial charge in [0.2, 0.25) is 0 Å². The van der Waals surface area contributed by atoms with E-state index in [1.807, 2.05) is 26.0 Å². The molecule has 0 aliphatic heterocycles. The van der Waals surface area contributed by atoms with Crippen LogP contribution in [0.2, 0.25) is 0 Å². The zero-order valence-corrected chi connectivity index (χ0v) is 16.5. The van der Waals surface area contributed by atoms with Gasteiger partial charge in [-0.3, -0.25) is 4.72 Å². The minimum Gasteiger partial charge on any atom is -0.356 e. The molecule has 0 radical (unpaired) electrons. The molecular weight excluding hydrogens is 412 g/mol. The first-order valence-corrected chi connectivity index (χ1v) is 10.2. The van der Waals surface area contributed by atoms with E-state index < -0.39 is 10.0 Å². The van der Waals surface area contributed by atoms with Gasteiger partial charge < -0.3 is 4.52 Å². The van der Waals surface area contributed by atoms with Crippen molar-refractivity contribution in [2.45, 2.75) is 25.7 Å². The molecule has 0 unspecified atom stereocenters. The maximum atomic E-state index is 13.0. The normalized spacial score (nSPS) is 11.7. The number of hydrogen-bond donors (Lipinski definition) is 1. The Kier molecular flexibility index (Phi) is 4.54. The number of sulfonamides is 1. The van der Waals surface area contributed by atoms with Gasteiger partial charge in [0.25, 0.3) is 10.0 Å². The number of halogens is 1. The van der Waals surface area contributed by atoms with Crippen LogP contribution in [-0.4, -0.2) is 13.6 Å². The van der Waals surface area contributed by atoms with Crippen LogP contribution >= 0.6 is 27.3 Å². The Morgan fingerprint density at radius 3 is 2.54 bits per heavy atom. The summed E-state index contributed by atoms with van der Waals surface area (Å²) in [6.07, 6.45) is 1.50. The third-order valence-corrected chi connectivity index (χ3v) is 6.87. The highest BCUT2D eigenvalue weighted by Gasteiger charge is 2.28. The quantitative estimate of drug-likeness (QED) is 0.644. The molecule has 0 amide bonds. The number of aromatic nitrogens is 1. The predicted octanol–water partition coefficient (Wildman–Crippen LogP) is 4.89. The van der Waals surface area contributed by atoms with E-state index in [1.54, 1.807) is 19.1 Å². The molecule has 2 heterocycles. The summed E-state index contributed by atoms with van der Waals surface area (Å²) in [5.41, 5.74) is 2.09. The summed E-state index contributed by atoms with van der Waals surface area (Å²) in [7, 11) is -3.77. The maximum Gasteiger partial charge on any atom is 0.263 e. The van der Waals surface area contributed by atoms with Crippen LogP contribution in [-0.2, 0) is 10.0 Å². The fourth-order valence-corrected chi connectivity index (χ4v) is 6.19. The van der Waals surface area contributed by atoms with E-state index in [4.69, 9.17) is 4.52 Å². The molecule has 0 bridgehead atoms. The Labute approximate surface area is 152 Å². The molecule has 0 spiro atoms. The smallest absolute Gasteiger partial charge is 0.263 e. The van der Waals surface area contributed by atoms with Crippen LogP contribution in [0, 0.1) is 20.8 Å². The summed E-state index contributed by atoms with van der Waals surface area (Å²) in [4.78, 5) is 1.80. The fourth-order valence-electron chi connectivity index (χ4n) is 2.52. The summed E-state index contributed by atoms with van der Waals surface area (Å²) >= 11 is 4.82. The van der Waals surface area contributed by atoms with Crippen molar-refractivity contribution in [1.82, 2.24) is 5.16 Å². The molecule has 3 rings (SSSR count). The molecule has 0 atom stereocenters. The Balaban J connectivity index is 2.11. The molecular formula is C16H15BrN2O3S2. The van der Waals surface area contributed by atoms with Crippen LogP contribution in [0.1, 0.15) is 15.3 Å². The number of nitrogens with zero attached hydrogens (tertiary/aromatic N) is 1. The standard InChI is InChI=1S/C16H15BrN2O3S2/c1-9-4-5-13(12(17)8-9)19-24(20,21)16-11(3)23-10(2)15(16)14-6-7-18-22-14/h4-8,19H,1-3H3. The first kappa shape index (κ1) is 17.2. The third-order valence-electron chi connectivity index (χ3n) is 3.53. The molecule has 24 heavy (non-hydrogen) atoms. The molecule has 126 valence electrons. The molecule has 1 aromatic carbocycles. The minimum atomic E-state index is -3.77. The summed E-state index contributed by atoms with van der Waals surface area (Å²) in [6.45, 7) is 5.60. The molecule has 0 aliphatic carbocycles. The first-order valence-electron chi connectivity index (χ1n) is 7.09. The lowest BCUT2D eigenvalue weighted by molar-refractivity contribution is 0.431. The number of rotatable bonds is 4. The van der Waals surface area contributed by atoms with Gasteiger partial charge in [0, 0.05) is 20.3 Å². The summed E-state index contributed by atoms with van der Waals surface area (Å²) in [5.74, 6) is 0.445. The third kappa shape index (κ3) is 3.13. The van der Waals surface area contributed by atoms with E-state index in [2.05, 4.69) is 25.8 Å². The van der Waals surface area contributed by atoms with Gasteiger partial charge in [-0.05, 0) is 54.4 Å². The topological polar surface area (TPSA) is 72.2 Å². The van der Waals surface area contributed by atoms with Crippen LogP contribution in [0.25, 0.3) is 11.3 Å². The number of hydrogen-bond acceptors (Lipinski definition) is 5. The number of anilines is 1. The van der Waals surface area contributed by atoms with Crippen molar-refractivity contribution in [2.24, 2.45) is 0 Å². The Bertz CT molecular complexity index is 993. The van der Waals surface area contributed by atoms with Crippen LogP contribution in [0.4, 0.5) is 5.69 Å². The van der Waals surface area contributed by atoms with E-state index in [-0.39, 0.29) is 4.90 Å². The molecule has 5 nitrogen and oxygen atoms in total. The highest BCUT2D eigenvalue weighted by Crippen LogP contribution is 2.40. The lowest BCUT2D eigenvalue weighted by atomic mass is 10.2. The summed E-state index contributed by atoms with van der Waals surface area (Å²) < 4.78 is 34.5. The zero-order valence-electron chi connectivity index (χ0n) is 13.3. The highest BCUT2D eigenvalue weighted by molar-refractivity contribution is 9.10. The van der Waals surface area contributed by atoms with Crippen LogP contribution in [0.3, 0.4) is 0 Å². The number of aryl methyl sites for hydroxylation is 3. The minimum absolute atomic E-state index is 0.231. The molecule has 0 saturated carbocycles. The summed E-state index contributed by atoms with van der Waals surface area (Å²) in [6, 6.07) is 7.11. The van der Waals surface area contributed by atoms with Crippen LogP contribution in [0.15, 0.2) is 44.4 Å². The molecule has 0 fully saturated rings. The van der Waals surface area contributed by atoms with Crippen LogP contribution < -0.4 is 4.72 Å². The molecule has 8 heteroatoms. The SMILES string of the molecule is Cc1ccc(NS(=O)(=O)c2c(C)sc(C)c2-c2ccno2)c(Br)c1. The maximum absolute atomic E-state index is 13.0. The van der Waals surface area contributed by atoms with E-state index in [0.29, 0.717) is 26.4 Å². The monoisotopic (exact) mass is 426 g/mol. The average Bonchev–Trinajstić information content (AvgIpc) is 3.09. The first-order chi connectivity index (χ1) is 11.3. The molecule has 3 aromatic rings. The Hall–Kier alpha value is -1.64. The lowest BCUT2D eigenvalue weighted by Crippen LogP contribution is -2.14. The second-order valence-electron chi connectivity index (χ2n) is 5.38. The van der Waals surface area contributed by atoms with Crippen molar-refractivity contribution in [3.63, 3.8) is 0 Å². The van der Waals surface area contributed by atoms with E-state index in [1.165, 1.54) is 17.5 Å². The predicted molar refractivity (Wildman–Crippen MR) is 99.0 cm³/mol. The van der Waals surface area contributed by atoms with Gasteiger partial charge in [-0.15, -0.1) is 11.3 Å². The van der Waals surface area contributed by atoms with E-state index in [0.717, 1.165) is 10.4 Å². The average molecular weight is 427 g/mol. The zero-order chi connectivity index (χ0) is 17.5.